The Morgan fingerprint density at radius 1 is 1.18 bits per heavy atom. The highest BCUT2D eigenvalue weighted by Gasteiger charge is 2.15. The number of pyridine rings is 2. The Kier molecular flexibility index (Phi) is 2.73. The van der Waals surface area contributed by atoms with Gasteiger partial charge >= 0.3 is 5.69 Å². The van der Waals surface area contributed by atoms with Gasteiger partial charge in [0.15, 0.2) is 5.65 Å². The second kappa shape index (κ2) is 4.63. The third kappa shape index (κ3) is 1.81. The minimum absolute atomic E-state index is 0.248. The molecule has 0 fully saturated rings. The van der Waals surface area contributed by atoms with Gasteiger partial charge in [-0.2, -0.15) is 0 Å². The van der Waals surface area contributed by atoms with E-state index in [0.717, 1.165) is 9.04 Å². The van der Waals surface area contributed by atoms with Gasteiger partial charge in [0.2, 0.25) is 0 Å². The summed E-state index contributed by atoms with van der Waals surface area (Å²) >= 11 is 3.31. The number of aromatic amines is 1. The summed E-state index contributed by atoms with van der Waals surface area (Å²) < 4.78 is 3.28. The molecule has 0 unspecified atom stereocenters. The molecular weight excluding hydrogens is 350 g/mol. The third-order valence-electron chi connectivity index (χ3n) is 3.32. The molecule has 4 aromatic rings. The van der Waals surface area contributed by atoms with E-state index in [2.05, 4.69) is 31.0 Å². The van der Waals surface area contributed by atoms with Gasteiger partial charge in [-0.15, -0.1) is 5.10 Å². The van der Waals surface area contributed by atoms with Crippen LogP contribution in [0.25, 0.3) is 22.4 Å². The lowest BCUT2D eigenvalue weighted by Crippen LogP contribution is -2.34. The fraction of sp³-hybridized carbons (Fsp3) is 0. The molecule has 0 aromatic carbocycles. The van der Waals surface area contributed by atoms with Gasteiger partial charge in [0.1, 0.15) is 11.2 Å². The molecule has 0 saturated carbocycles. The Bertz CT molecular complexity index is 1140. The molecule has 7 nitrogen and oxygen atoms in total. The first-order valence-corrected chi connectivity index (χ1v) is 7.19. The fourth-order valence-electron chi connectivity index (χ4n) is 2.38. The molecular formula is C14H8BrN5O2. The summed E-state index contributed by atoms with van der Waals surface area (Å²) in [5, 5.41) is 4.56. The molecule has 0 amide bonds. The van der Waals surface area contributed by atoms with E-state index in [0.29, 0.717) is 10.9 Å². The molecule has 4 aromatic heterocycles. The van der Waals surface area contributed by atoms with Crippen molar-refractivity contribution in [1.29, 1.82) is 0 Å². The van der Waals surface area contributed by atoms with Crippen molar-refractivity contribution < 1.29 is 0 Å². The first-order valence-electron chi connectivity index (χ1n) is 6.39. The Morgan fingerprint density at radius 3 is 2.86 bits per heavy atom. The van der Waals surface area contributed by atoms with E-state index in [-0.39, 0.29) is 11.5 Å². The van der Waals surface area contributed by atoms with E-state index in [9.17, 15) is 9.59 Å². The van der Waals surface area contributed by atoms with E-state index in [1.807, 2.05) is 6.07 Å². The van der Waals surface area contributed by atoms with E-state index >= 15 is 0 Å². The van der Waals surface area contributed by atoms with Gasteiger partial charge in [-0.05, 0) is 24.3 Å². The summed E-state index contributed by atoms with van der Waals surface area (Å²) in [6.45, 7) is 0. The maximum Gasteiger partial charge on any atom is 0.335 e. The summed E-state index contributed by atoms with van der Waals surface area (Å²) in [5.41, 5.74) is -0.146. The topological polar surface area (TPSA) is 85.0 Å². The number of hydrogen-bond donors (Lipinski definition) is 1. The van der Waals surface area contributed by atoms with Crippen molar-refractivity contribution >= 4 is 32.5 Å². The number of aromatic nitrogens is 5. The van der Waals surface area contributed by atoms with Crippen molar-refractivity contribution in [2.45, 2.75) is 0 Å². The maximum absolute atomic E-state index is 12.8. The van der Waals surface area contributed by atoms with Gasteiger partial charge in [0.05, 0.1) is 5.52 Å². The highest BCUT2D eigenvalue weighted by molar-refractivity contribution is 9.10. The second-order valence-electron chi connectivity index (χ2n) is 4.66. The number of halogens is 1. The zero-order valence-corrected chi connectivity index (χ0v) is 12.6. The summed E-state index contributed by atoms with van der Waals surface area (Å²) in [4.78, 5) is 31.7. The predicted molar refractivity (Wildman–Crippen MR) is 84.4 cm³/mol. The van der Waals surface area contributed by atoms with E-state index in [4.69, 9.17) is 0 Å². The van der Waals surface area contributed by atoms with Gasteiger partial charge in [-0.1, -0.05) is 22.0 Å². The average molecular weight is 358 g/mol. The monoisotopic (exact) mass is 357 g/mol. The third-order valence-corrected chi connectivity index (χ3v) is 3.82. The molecule has 0 bridgehead atoms. The highest BCUT2D eigenvalue weighted by Crippen LogP contribution is 2.14. The van der Waals surface area contributed by atoms with Crippen molar-refractivity contribution in [2.24, 2.45) is 0 Å². The lowest BCUT2D eigenvalue weighted by Gasteiger charge is -2.03. The van der Waals surface area contributed by atoms with E-state index in [1.165, 1.54) is 6.20 Å². The van der Waals surface area contributed by atoms with Crippen LogP contribution in [0.4, 0.5) is 0 Å². The minimum atomic E-state index is -0.577. The van der Waals surface area contributed by atoms with Crippen LogP contribution in [0.5, 0.6) is 0 Å². The average Bonchev–Trinajstić information content (AvgIpc) is 2.85. The van der Waals surface area contributed by atoms with Crippen LogP contribution in [0.2, 0.25) is 0 Å². The van der Waals surface area contributed by atoms with Crippen molar-refractivity contribution in [3.8, 4) is 5.82 Å². The van der Waals surface area contributed by atoms with E-state index in [1.54, 1.807) is 35.0 Å². The van der Waals surface area contributed by atoms with Crippen molar-refractivity contribution in [2.75, 3.05) is 0 Å². The zero-order valence-electron chi connectivity index (χ0n) is 11.0. The van der Waals surface area contributed by atoms with Gasteiger partial charge < -0.3 is 0 Å². The predicted octanol–water partition coefficient (Wildman–Crippen LogP) is 1.48. The Hall–Kier alpha value is -2.74. The lowest BCUT2D eigenvalue weighted by molar-refractivity contribution is 0.861. The normalized spacial score (nSPS) is 11.3. The van der Waals surface area contributed by atoms with Crippen LogP contribution in [0, 0.1) is 0 Å². The Labute approximate surface area is 131 Å². The molecule has 0 atom stereocenters. The number of nitrogens with zero attached hydrogens (tertiary/aromatic N) is 4. The lowest BCUT2D eigenvalue weighted by atomic mass is 10.3. The smallest absolute Gasteiger partial charge is 0.289 e. The minimum Gasteiger partial charge on any atom is -0.289 e. The number of H-pyrrole nitrogens is 1. The molecule has 0 aliphatic heterocycles. The van der Waals surface area contributed by atoms with Crippen molar-refractivity contribution in [1.82, 2.24) is 24.1 Å². The molecule has 8 heteroatoms. The molecule has 0 radical (unpaired) electrons. The van der Waals surface area contributed by atoms with Crippen LogP contribution in [0.1, 0.15) is 0 Å². The first kappa shape index (κ1) is 13.0. The van der Waals surface area contributed by atoms with Crippen LogP contribution in [-0.2, 0) is 0 Å². The molecule has 0 aliphatic carbocycles. The van der Waals surface area contributed by atoms with Gasteiger partial charge in [-0.25, -0.2) is 18.9 Å². The molecule has 4 rings (SSSR count). The van der Waals surface area contributed by atoms with E-state index < -0.39 is 11.2 Å². The zero-order chi connectivity index (χ0) is 15.3. The summed E-state index contributed by atoms with van der Waals surface area (Å²) in [7, 11) is 0. The molecule has 0 spiro atoms. The van der Waals surface area contributed by atoms with Crippen LogP contribution >= 0.6 is 15.9 Å². The van der Waals surface area contributed by atoms with Crippen LogP contribution in [-0.4, -0.2) is 24.1 Å². The number of nitrogens with one attached hydrogen (secondary N) is 1. The summed E-state index contributed by atoms with van der Waals surface area (Å²) in [5.74, 6) is 0.248. The largest absolute Gasteiger partial charge is 0.335 e. The molecule has 1 N–H and O–H groups in total. The van der Waals surface area contributed by atoms with Crippen molar-refractivity contribution in [3.63, 3.8) is 0 Å². The van der Waals surface area contributed by atoms with Crippen LogP contribution in [0.15, 0.2) is 56.8 Å². The standard InChI is InChI=1S/C14H8BrN5O2/c15-8-4-5-16-10(7-8)20-13(21)11-9-3-1-2-6-19(9)18-12(11)17-14(20)22/h1-7H,(H,17,18,22). The van der Waals surface area contributed by atoms with Gasteiger partial charge in [-0.3, -0.25) is 9.78 Å². The molecule has 108 valence electrons. The van der Waals surface area contributed by atoms with Crippen LogP contribution < -0.4 is 11.2 Å². The summed E-state index contributed by atoms with van der Waals surface area (Å²) in [6, 6.07) is 8.70. The Morgan fingerprint density at radius 2 is 2.05 bits per heavy atom. The highest BCUT2D eigenvalue weighted by atomic mass is 79.9. The van der Waals surface area contributed by atoms with Gasteiger partial charge in [0, 0.05) is 16.9 Å². The summed E-state index contributed by atoms with van der Waals surface area (Å²) in [6.07, 6.45) is 3.24. The van der Waals surface area contributed by atoms with Gasteiger partial charge in [0.25, 0.3) is 5.56 Å². The first-order chi connectivity index (χ1) is 10.6. The quantitative estimate of drug-likeness (QED) is 0.559. The number of hydrogen-bond acceptors (Lipinski definition) is 4. The molecule has 22 heavy (non-hydrogen) atoms. The number of rotatable bonds is 1. The fourth-order valence-corrected chi connectivity index (χ4v) is 2.71. The van der Waals surface area contributed by atoms with Crippen LogP contribution in [0.3, 0.4) is 0 Å². The maximum atomic E-state index is 12.8. The molecule has 4 heterocycles. The SMILES string of the molecule is O=c1[nH]c2nn3ccccc3c2c(=O)n1-c1cc(Br)ccn1. The molecule has 0 aliphatic rings. The van der Waals surface area contributed by atoms with Crippen molar-refractivity contribution in [3.05, 3.63) is 68.0 Å². The molecule has 0 saturated heterocycles. The second-order valence-corrected chi connectivity index (χ2v) is 5.57. The number of fused-ring (bicyclic) bond motifs is 3. The Balaban J connectivity index is 2.19.